The zero-order valence-electron chi connectivity index (χ0n) is 19.3. The monoisotopic (exact) mass is 505 g/mol. The number of nitrogens with two attached hydrogens (primary N) is 1. The Bertz CT molecular complexity index is 1540. The summed E-state index contributed by atoms with van der Waals surface area (Å²) in [5.41, 5.74) is 7.37. The van der Waals surface area contributed by atoms with E-state index in [9.17, 15) is 13.2 Å². The fourth-order valence-electron chi connectivity index (χ4n) is 5.02. The van der Waals surface area contributed by atoms with Gasteiger partial charge in [0.25, 0.3) is 0 Å². The smallest absolute Gasteiger partial charge is 0.240 e. The second kappa shape index (κ2) is 9.53. The lowest BCUT2D eigenvalue weighted by Crippen LogP contribution is -2.48. The Kier molecular flexibility index (Phi) is 6.44. The summed E-state index contributed by atoms with van der Waals surface area (Å²) in [5.74, 6) is -1.56. The number of benzene rings is 3. The van der Waals surface area contributed by atoms with Crippen molar-refractivity contribution in [3.63, 3.8) is 0 Å². The second-order valence-corrected chi connectivity index (χ2v) is 11.9. The van der Waals surface area contributed by atoms with Crippen molar-refractivity contribution in [3.05, 3.63) is 83.4 Å². The molecule has 3 N–H and O–H groups in total. The predicted molar refractivity (Wildman–Crippen MR) is 141 cm³/mol. The van der Waals surface area contributed by atoms with Gasteiger partial charge in [0, 0.05) is 6.04 Å². The number of sulfonamides is 1. The number of primary amides is 1. The molecule has 0 fully saturated rings. The molecule has 5 rings (SSSR count). The Morgan fingerprint density at radius 2 is 1.94 bits per heavy atom. The molecule has 3 atom stereocenters. The highest BCUT2D eigenvalue weighted by Crippen LogP contribution is 2.35. The van der Waals surface area contributed by atoms with E-state index in [1.807, 2.05) is 55.5 Å². The van der Waals surface area contributed by atoms with Gasteiger partial charge in [0.1, 0.15) is 0 Å². The third-order valence-electron chi connectivity index (χ3n) is 6.64. The minimum atomic E-state index is -3.96. The van der Waals surface area contributed by atoms with Crippen LogP contribution in [-0.4, -0.2) is 25.4 Å². The number of thiazole rings is 1. The van der Waals surface area contributed by atoms with Crippen LogP contribution < -0.4 is 10.5 Å². The molecule has 3 aromatic carbocycles. The molecule has 1 aliphatic rings. The van der Waals surface area contributed by atoms with Crippen LogP contribution in [0.5, 0.6) is 0 Å². The molecule has 0 saturated heterocycles. The van der Waals surface area contributed by atoms with Gasteiger partial charge in [-0.1, -0.05) is 54.6 Å². The Morgan fingerprint density at radius 3 is 2.71 bits per heavy atom. The Balaban J connectivity index is 1.61. The van der Waals surface area contributed by atoms with Gasteiger partial charge >= 0.3 is 0 Å². The molecule has 0 bridgehead atoms. The van der Waals surface area contributed by atoms with Crippen LogP contribution in [0.25, 0.3) is 21.0 Å². The minimum Gasteiger partial charge on any atom is -0.369 e. The quantitative estimate of drug-likeness (QED) is 0.344. The molecule has 0 spiro atoms. The summed E-state index contributed by atoms with van der Waals surface area (Å²) >= 11 is 1.52. The largest absolute Gasteiger partial charge is 0.369 e. The molecule has 35 heavy (non-hydrogen) atoms. The lowest BCUT2D eigenvalue weighted by atomic mass is 9.78. The number of allylic oxidation sites excluding steroid dienone is 1. The number of carbonyl (C=O) groups excluding carboxylic acids is 1. The van der Waals surface area contributed by atoms with Crippen molar-refractivity contribution in [1.29, 1.82) is 0 Å². The summed E-state index contributed by atoms with van der Waals surface area (Å²) in [6.07, 6.45) is 6.70. The molecule has 0 saturated carbocycles. The minimum absolute atomic E-state index is 0.126. The number of aromatic nitrogens is 1. The molecule has 180 valence electrons. The van der Waals surface area contributed by atoms with Gasteiger partial charge in [-0.05, 0) is 66.6 Å². The Hall–Kier alpha value is -3.07. The number of rotatable bonds is 7. The molecule has 3 unspecified atom stereocenters. The third kappa shape index (κ3) is 4.74. The predicted octanol–water partition coefficient (Wildman–Crippen LogP) is 5.03. The number of amides is 1. The van der Waals surface area contributed by atoms with Crippen molar-refractivity contribution in [1.82, 2.24) is 9.71 Å². The van der Waals surface area contributed by atoms with Crippen molar-refractivity contribution < 1.29 is 13.2 Å². The van der Waals surface area contributed by atoms with Gasteiger partial charge < -0.3 is 5.73 Å². The van der Waals surface area contributed by atoms with Crippen LogP contribution in [0.2, 0.25) is 0 Å². The first-order valence-corrected chi connectivity index (χ1v) is 14.0. The number of nitrogens with one attached hydrogen (secondary N) is 1. The zero-order valence-corrected chi connectivity index (χ0v) is 21.0. The lowest BCUT2D eigenvalue weighted by molar-refractivity contribution is -0.120. The van der Waals surface area contributed by atoms with Crippen LogP contribution in [0.1, 0.15) is 35.8 Å². The Labute approximate surface area is 208 Å². The van der Waals surface area contributed by atoms with Gasteiger partial charge in [0.15, 0.2) is 0 Å². The van der Waals surface area contributed by atoms with Crippen LogP contribution >= 0.6 is 11.3 Å². The van der Waals surface area contributed by atoms with Crippen LogP contribution in [-0.2, 0) is 14.8 Å². The molecule has 8 heteroatoms. The van der Waals surface area contributed by atoms with E-state index in [4.69, 9.17) is 5.73 Å². The van der Waals surface area contributed by atoms with E-state index in [0.717, 1.165) is 45.3 Å². The van der Waals surface area contributed by atoms with E-state index >= 15 is 0 Å². The molecule has 1 aliphatic carbocycles. The van der Waals surface area contributed by atoms with Gasteiger partial charge in [0.05, 0.1) is 26.0 Å². The van der Waals surface area contributed by atoms with E-state index in [1.54, 1.807) is 18.2 Å². The highest BCUT2D eigenvalue weighted by Gasteiger charge is 2.37. The van der Waals surface area contributed by atoms with E-state index < -0.39 is 27.9 Å². The summed E-state index contributed by atoms with van der Waals surface area (Å²) in [4.78, 5) is 17.6. The summed E-state index contributed by atoms with van der Waals surface area (Å²) in [5, 5.41) is 2.74. The number of fused-ring (bicyclic) bond motifs is 2. The molecule has 0 aliphatic heterocycles. The number of aryl methyl sites for hydroxylation is 1. The SMILES string of the molecule is Cc1nc2cc(S(=O)(=O)NC(C3C=CCCC3)C(C(N)=O)c3cccc4ccccc34)ccc2s1. The highest BCUT2D eigenvalue weighted by molar-refractivity contribution is 7.89. The van der Waals surface area contributed by atoms with Crippen molar-refractivity contribution in [2.45, 2.75) is 43.0 Å². The maximum atomic E-state index is 13.6. The van der Waals surface area contributed by atoms with Crippen molar-refractivity contribution in [2.24, 2.45) is 11.7 Å². The fourth-order valence-corrected chi connectivity index (χ4v) is 7.15. The number of carbonyl (C=O) groups is 1. The lowest BCUT2D eigenvalue weighted by Gasteiger charge is -2.33. The van der Waals surface area contributed by atoms with E-state index in [0.29, 0.717) is 5.52 Å². The average molecular weight is 506 g/mol. The summed E-state index contributed by atoms with van der Waals surface area (Å²) in [6.45, 7) is 1.89. The van der Waals surface area contributed by atoms with Gasteiger partial charge in [0.2, 0.25) is 15.9 Å². The maximum Gasteiger partial charge on any atom is 0.240 e. The maximum absolute atomic E-state index is 13.6. The normalized spacial score (nSPS) is 18.0. The van der Waals surface area contributed by atoms with Crippen LogP contribution in [0.3, 0.4) is 0 Å². The number of hydrogen-bond acceptors (Lipinski definition) is 5. The standard InChI is InChI=1S/C27H27N3O3S2/c1-17-29-23-16-20(14-15-24(23)34-17)35(32,33)30-26(19-9-3-2-4-10-19)25(27(28)31)22-13-7-11-18-8-5-6-12-21(18)22/h3,5-9,11-16,19,25-26,30H,2,4,10H2,1H3,(H2,28,31). The summed E-state index contributed by atoms with van der Waals surface area (Å²) in [7, 11) is -3.96. The number of nitrogens with zero attached hydrogens (tertiary/aromatic N) is 1. The van der Waals surface area contributed by atoms with E-state index in [2.05, 4.69) is 15.8 Å². The van der Waals surface area contributed by atoms with E-state index in [1.165, 1.54) is 11.3 Å². The number of hydrogen-bond donors (Lipinski definition) is 2. The van der Waals surface area contributed by atoms with Gasteiger partial charge in [-0.3, -0.25) is 4.79 Å². The molecular formula is C27H27N3O3S2. The van der Waals surface area contributed by atoms with Gasteiger partial charge in [-0.15, -0.1) is 11.3 Å². The highest BCUT2D eigenvalue weighted by atomic mass is 32.2. The first-order valence-electron chi connectivity index (χ1n) is 11.7. The van der Waals surface area contributed by atoms with Crippen LogP contribution in [0, 0.1) is 12.8 Å². The average Bonchev–Trinajstić information content (AvgIpc) is 3.23. The van der Waals surface area contributed by atoms with Crippen molar-refractivity contribution in [2.75, 3.05) is 0 Å². The summed E-state index contributed by atoms with van der Waals surface area (Å²) < 4.78 is 31.1. The second-order valence-electron chi connectivity index (χ2n) is 8.98. The molecule has 6 nitrogen and oxygen atoms in total. The zero-order chi connectivity index (χ0) is 24.6. The molecule has 1 heterocycles. The topological polar surface area (TPSA) is 102 Å². The molecule has 0 radical (unpaired) electrons. The van der Waals surface area contributed by atoms with Gasteiger partial charge in [-0.2, -0.15) is 0 Å². The van der Waals surface area contributed by atoms with Crippen LogP contribution in [0.4, 0.5) is 0 Å². The van der Waals surface area contributed by atoms with Crippen LogP contribution in [0.15, 0.2) is 77.7 Å². The Morgan fingerprint density at radius 1 is 1.14 bits per heavy atom. The summed E-state index contributed by atoms with van der Waals surface area (Å²) in [6, 6.07) is 17.7. The molecule has 1 aromatic heterocycles. The van der Waals surface area contributed by atoms with Gasteiger partial charge in [-0.25, -0.2) is 18.1 Å². The van der Waals surface area contributed by atoms with Crippen molar-refractivity contribution in [3.8, 4) is 0 Å². The first-order chi connectivity index (χ1) is 16.8. The molecule has 4 aromatic rings. The third-order valence-corrected chi connectivity index (χ3v) is 9.05. The molecular weight excluding hydrogens is 478 g/mol. The first kappa shape index (κ1) is 23.7. The van der Waals surface area contributed by atoms with E-state index in [-0.39, 0.29) is 10.8 Å². The fraction of sp³-hybridized carbons (Fsp3) is 0.259. The molecule has 1 amide bonds. The van der Waals surface area contributed by atoms with Crippen molar-refractivity contribution >= 4 is 48.3 Å².